The Morgan fingerprint density at radius 2 is 2.00 bits per heavy atom. The molecule has 0 unspecified atom stereocenters. The SMILES string of the molecule is C=C1C(C)=Nc2c(nc([O-])[nH]c2=O)N1C[C@H](O)[C@H](O)[C@H](O)CO. The van der Waals surface area contributed by atoms with Gasteiger partial charge in [0.2, 0.25) is 0 Å². The summed E-state index contributed by atoms with van der Waals surface area (Å²) in [7, 11) is 0. The van der Waals surface area contributed by atoms with Crippen molar-refractivity contribution >= 4 is 17.2 Å². The summed E-state index contributed by atoms with van der Waals surface area (Å²) >= 11 is 0. The lowest BCUT2D eigenvalue weighted by Gasteiger charge is -2.33. The van der Waals surface area contributed by atoms with Crippen LogP contribution >= 0.6 is 0 Å². The lowest BCUT2D eigenvalue weighted by Crippen LogP contribution is -2.47. The highest BCUT2D eigenvalue weighted by Gasteiger charge is 2.31. The van der Waals surface area contributed by atoms with Gasteiger partial charge in [0.05, 0.1) is 30.6 Å². The Bertz CT molecular complexity index is 700. The Kier molecular flexibility index (Phi) is 4.80. The van der Waals surface area contributed by atoms with Gasteiger partial charge in [-0.2, -0.15) is 0 Å². The first kappa shape index (κ1) is 17.1. The molecule has 0 radical (unpaired) electrons. The van der Waals surface area contributed by atoms with Gasteiger partial charge in [0, 0.05) is 0 Å². The predicted octanol–water partition coefficient (Wildman–Crippen LogP) is -2.66. The number of aliphatic hydroxyl groups is 4. The Labute approximate surface area is 130 Å². The van der Waals surface area contributed by atoms with E-state index in [9.17, 15) is 25.2 Å². The van der Waals surface area contributed by atoms with Gasteiger partial charge < -0.3 is 35.4 Å². The number of aromatic nitrogens is 2. The molecule has 3 atom stereocenters. The zero-order valence-electron chi connectivity index (χ0n) is 12.3. The van der Waals surface area contributed by atoms with E-state index in [0.29, 0.717) is 5.71 Å². The molecule has 1 aromatic rings. The normalized spacial score (nSPS) is 18.2. The van der Waals surface area contributed by atoms with E-state index in [1.807, 2.05) is 4.98 Å². The van der Waals surface area contributed by atoms with Crippen LogP contribution in [0.1, 0.15) is 6.92 Å². The number of aliphatic imine (C=N–C) groups is 1. The third-order valence-electron chi connectivity index (χ3n) is 3.48. The molecule has 0 amide bonds. The second kappa shape index (κ2) is 6.46. The number of aliphatic hydroxyl groups excluding tert-OH is 4. The van der Waals surface area contributed by atoms with Crippen LogP contribution in [0, 0.1) is 0 Å². The van der Waals surface area contributed by atoms with Gasteiger partial charge in [-0.15, -0.1) is 0 Å². The van der Waals surface area contributed by atoms with Crippen LogP contribution in [-0.4, -0.2) is 67.6 Å². The van der Waals surface area contributed by atoms with E-state index in [4.69, 9.17) is 5.11 Å². The Morgan fingerprint density at radius 1 is 1.35 bits per heavy atom. The van der Waals surface area contributed by atoms with Gasteiger partial charge in [-0.1, -0.05) is 6.58 Å². The third-order valence-corrected chi connectivity index (χ3v) is 3.48. The predicted molar refractivity (Wildman–Crippen MR) is 78.7 cm³/mol. The summed E-state index contributed by atoms with van der Waals surface area (Å²) in [5.74, 6) is -0.0981. The van der Waals surface area contributed by atoms with Crippen LogP contribution in [0.3, 0.4) is 0 Å². The number of hydrogen-bond donors (Lipinski definition) is 5. The average Bonchev–Trinajstić information content (AvgIpc) is 2.51. The number of nitrogens with zero attached hydrogens (tertiary/aromatic N) is 3. The summed E-state index contributed by atoms with van der Waals surface area (Å²) in [5, 5.41) is 49.3. The van der Waals surface area contributed by atoms with Crippen LogP contribution in [0.25, 0.3) is 0 Å². The Morgan fingerprint density at radius 3 is 2.61 bits per heavy atom. The number of aromatic amines is 1. The van der Waals surface area contributed by atoms with Gasteiger partial charge in [-0.25, -0.2) is 9.98 Å². The van der Waals surface area contributed by atoms with E-state index in [1.165, 1.54) is 4.90 Å². The van der Waals surface area contributed by atoms with Crippen LogP contribution in [0.15, 0.2) is 22.1 Å². The van der Waals surface area contributed by atoms with Gasteiger partial charge in [0.1, 0.15) is 18.3 Å². The van der Waals surface area contributed by atoms with E-state index in [-0.39, 0.29) is 23.7 Å². The summed E-state index contributed by atoms with van der Waals surface area (Å²) in [6, 6.07) is -0.883. The summed E-state index contributed by atoms with van der Waals surface area (Å²) in [5.41, 5.74) is -0.200. The minimum Gasteiger partial charge on any atom is -0.846 e. The van der Waals surface area contributed by atoms with Gasteiger partial charge in [0.15, 0.2) is 11.5 Å². The highest BCUT2D eigenvalue weighted by atomic mass is 16.4. The fourth-order valence-electron chi connectivity index (χ4n) is 2.14. The molecule has 0 spiro atoms. The van der Waals surface area contributed by atoms with Gasteiger partial charge in [-0.05, 0) is 6.92 Å². The minimum atomic E-state index is -1.64. The second-order valence-electron chi connectivity index (χ2n) is 5.11. The number of hydrogen-bond acceptors (Lipinski definition) is 9. The van der Waals surface area contributed by atoms with Crippen LogP contribution in [0.5, 0.6) is 6.01 Å². The maximum Gasteiger partial charge on any atom is 0.278 e. The molecule has 1 aliphatic heterocycles. The van der Waals surface area contributed by atoms with E-state index in [2.05, 4.69) is 16.6 Å². The van der Waals surface area contributed by atoms with Crippen LogP contribution in [0.2, 0.25) is 0 Å². The van der Waals surface area contributed by atoms with E-state index in [1.54, 1.807) is 6.92 Å². The number of allylic oxidation sites excluding steroid dienone is 1. The Hall–Kier alpha value is -2.27. The van der Waals surface area contributed by atoms with Crippen LogP contribution < -0.4 is 15.6 Å². The topological polar surface area (TPSA) is 165 Å². The maximum absolute atomic E-state index is 11.8. The largest absolute Gasteiger partial charge is 0.846 e. The highest BCUT2D eigenvalue weighted by Crippen LogP contribution is 2.31. The molecule has 0 fully saturated rings. The molecule has 10 nitrogen and oxygen atoms in total. The first-order valence-corrected chi connectivity index (χ1v) is 6.74. The van der Waals surface area contributed by atoms with Crippen molar-refractivity contribution in [2.45, 2.75) is 25.2 Å². The van der Waals surface area contributed by atoms with Crippen LogP contribution in [-0.2, 0) is 0 Å². The molecule has 2 rings (SSSR count). The number of anilines is 1. The molecule has 0 saturated heterocycles. The molecule has 1 aliphatic rings. The second-order valence-corrected chi connectivity index (χ2v) is 5.11. The molecule has 2 heterocycles. The average molecular weight is 325 g/mol. The number of nitrogens with one attached hydrogen (secondary N) is 1. The van der Waals surface area contributed by atoms with Gasteiger partial charge in [0.25, 0.3) is 5.56 Å². The molecular formula is C13H17N4O6-. The molecular weight excluding hydrogens is 308 g/mol. The van der Waals surface area contributed by atoms with Crippen molar-refractivity contribution in [1.82, 2.24) is 9.97 Å². The zero-order valence-corrected chi connectivity index (χ0v) is 12.3. The number of fused-ring (bicyclic) bond motifs is 1. The monoisotopic (exact) mass is 325 g/mol. The molecule has 23 heavy (non-hydrogen) atoms. The number of rotatable bonds is 5. The summed E-state index contributed by atoms with van der Waals surface area (Å²) in [6.07, 6.45) is -4.67. The maximum atomic E-state index is 11.8. The van der Waals surface area contributed by atoms with Crippen molar-refractivity contribution in [3.8, 4) is 6.01 Å². The van der Waals surface area contributed by atoms with Crippen molar-refractivity contribution in [2.24, 2.45) is 4.99 Å². The fourth-order valence-corrected chi connectivity index (χ4v) is 2.14. The summed E-state index contributed by atoms with van der Waals surface area (Å²) < 4.78 is 0. The first-order valence-electron chi connectivity index (χ1n) is 6.74. The molecule has 5 N–H and O–H groups in total. The molecule has 0 saturated carbocycles. The fraction of sp³-hybridized carbons (Fsp3) is 0.462. The van der Waals surface area contributed by atoms with Crippen LogP contribution in [0.4, 0.5) is 11.5 Å². The van der Waals surface area contributed by atoms with Crippen molar-refractivity contribution in [3.63, 3.8) is 0 Å². The quantitative estimate of drug-likeness (QED) is 0.391. The zero-order chi connectivity index (χ0) is 17.3. The number of H-pyrrole nitrogens is 1. The number of β-amino-alcohol motifs (C(OH)–C–C–N with tert-alkyl or cyclic N) is 1. The summed E-state index contributed by atoms with van der Waals surface area (Å²) in [4.78, 5) is 22.7. The van der Waals surface area contributed by atoms with E-state index in [0.717, 1.165) is 0 Å². The molecule has 0 aliphatic carbocycles. The third kappa shape index (κ3) is 3.24. The lowest BCUT2D eigenvalue weighted by atomic mass is 10.1. The van der Waals surface area contributed by atoms with E-state index < -0.39 is 36.5 Å². The molecule has 10 heteroatoms. The van der Waals surface area contributed by atoms with E-state index >= 15 is 0 Å². The smallest absolute Gasteiger partial charge is 0.278 e. The molecule has 1 aromatic heterocycles. The highest BCUT2D eigenvalue weighted by molar-refractivity contribution is 6.05. The summed E-state index contributed by atoms with van der Waals surface area (Å²) in [6.45, 7) is 4.28. The Balaban J connectivity index is 2.38. The van der Waals surface area contributed by atoms with Gasteiger partial charge in [-0.3, -0.25) is 4.79 Å². The van der Waals surface area contributed by atoms with Crippen molar-refractivity contribution < 1.29 is 25.5 Å². The minimum absolute atomic E-state index is 0.0981. The molecule has 0 aromatic carbocycles. The lowest BCUT2D eigenvalue weighted by molar-refractivity contribution is -0.281. The first-order chi connectivity index (χ1) is 10.8. The van der Waals surface area contributed by atoms with Crippen molar-refractivity contribution in [3.05, 3.63) is 22.6 Å². The molecule has 126 valence electrons. The van der Waals surface area contributed by atoms with Crippen molar-refractivity contribution in [1.29, 1.82) is 0 Å². The standard InChI is InChI=1S/C13H18N4O6/c1-5-6(2)17(3-7(19)10(21)8(20)4-18)11-9(14-5)12(22)16-13(23)15-11/h7-8,10,18-21H,2-4H2,1H3,(H2,15,16,22,23)/p-1/t7-,8+,10-/m0/s1. The molecule has 0 bridgehead atoms. The van der Waals surface area contributed by atoms with Gasteiger partial charge >= 0.3 is 0 Å². The van der Waals surface area contributed by atoms with Crippen molar-refractivity contribution in [2.75, 3.05) is 18.1 Å².